The second-order valence-electron chi connectivity index (χ2n) is 12.9. The molecule has 7 rings (SSSR count). The van der Waals surface area contributed by atoms with Gasteiger partial charge in [-0.15, -0.1) is 0 Å². The Bertz CT molecular complexity index is 1460. The molecule has 6 nitrogen and oxygen atoms in total. The first-order valence-electron chi connectivity index (χ1n) is 14.4. The van der Waals surface area contributed by atoms with Gasteiger partial charge in [-0.1, -0.05) is 67.9 Å². The molecule has 3 fully saturated rings. The van der Waals surface area contributed by atoms with Crippen molar-refractivity contribution < 1.29 is 22.7 Å². The lowest BCUT2D eigenvalue weighted by atomic mass is 9.75. The number of benzene rings is 3. The van der Waals surface area contributed by atoms with E-state index in [4.69, 9.17) is 4.74 Å². The number of nitrogens with zero attached hydrogens (tertiary/aromatic N) is 2. The van der Waals surface area contributed by atoms with Gasteiger partial charge in [-0.05, 0) is 41.8 Å². The van der Waals surface area contributed by atoms with Gasteiger partial charge >= 0.3 is 0 Å². The maximum absolute atomic E-state index is 13.2. The minimum atomic E-state index is -3.53. The number of aliphatic hydroxyl groups excluding tert-OH is 1. The first kappa shape index (κ1) is 27.5. The first-order valence-corrected chi connectivity index (χ1v) is 16.1. The Morgan fingerprint density at radius 2 is 1.55 bits per heavy atom. The van der Waals surface area contributed by atoms with E-state index in [0.717, 1.165) is 29.0 Å². The van der Waals surface area contributed by atoms with E-state index >= 15 is 0 Å². The molecule has 7 heteroatoms. The van der Waals surface area contributed by atoms with Crippen LogP contribution in [0.5, 0.6) is 5.75 Å². The van der Waals surface area contributed by atoms with Crippen molar-refractivity contribution in [3.8, 4) is 5.75 Å². The highest BCUT2D eigenvalue weighted by Gasteiger charge is 2.45. The molecule has 0 spiro atoms. The molecule has 212 valence electrons. The molecule has 3 saturated heterocycles. The van der Waals surface area contributed by atoms with E-state index in [-0.39, 0.29) is 5.75 Å². The van der Waals surface area contributed by atoms with E-state index in [2.05, 4.69) is 29.2 Å². The van der Waals surface area contributed by atoms with Crippen LogP contribution in [0.1, 0.15) is 47.6 Å². The summed E-state index contributed by atoms with van der Waals surface area (Å²) in [4.78, 5) is 2.90. The monoisotopic (exact) mass is 561 g/mol. The molecular formula is C33H41N2O4S+. The molecule has 3 aromatic carbocycles. The maximum Gasteiger partial charge on any atom is 0.179 e. The van der Waals surface area contributed by atoms with Crippen molar-refractivity contribution in [2.75, 3.05) is 45.0 Å². The molecule has 4 heterocycles. The van der Waals surface area contributed by atoms with Crippen molar-refractivity contribution in [1.29, 1.82) is 0 Å². The summed E-state index contributed by atoms with van der Waals surface area (Å²) in [7, 11) is -3.53. The molecule has 2 bridgehead atoms. The minimum absolute atomic E-state index is 0.0910. The average molecular weight is 562 g/mol. The molecule has 0 aromatic heterocycles. The van der Waals surface area contributed by atoms with Crippen molar-refractivity contribution in [3.05, 3.63) is 94.5 Å². The van der Waals surface area contributed by atoms with Crippen molar-refractivity contribution in [2.45, 2.75) is 50.8 Å². The van der Waals surface area contributed by atoms with Crippen molar-refractivity contribution in [3.63, 3.8) is 0 Å². The van der Waals surface area contributed by atoms with Crippen LogP contribution in [-0.2, 0) is 23.0 Å². The Balaban J connectivity index is 1.16. The van der Waals surface area contributed by atoms with Crippen LogP contribution in [0.2, 0.25) is 0 Å². The van der Waals surface area contributed by atoms with Gasteiger partial charge in [0.15, 0.2) is 9.84 Å². The van der Waals surface area contributed by atoms with Crippen LogP contribution >= 0.6 is 0 Å². The zero-order valence-electron chi connectivity index (χ0n) is 23.8. The fraction of sp³-hybridized carbons (Fsp3) is 0.455. The van der Waals surface area contributed by atoms with E-state index < -0.39 is 27.3 Å². The van der Waals surface area contributed by atoms with Crippen LogP contribution in [0.3, 0.4) is 0 Å². The van der Waals surface area contributed by atoms with Gasteiger partial charge in [0.2, 0.25) is 0 Å². The molecule has 0 amide bonds. The molecule has 4 aliphatic rings. The molecule has 40 heavy (non-hydrogen) atoms. The number of aliphatic hydroxyl groups is 1. The third-order valence-electron chi connectivity index (χ3n) is 9.37. The summed E-state index contributed by atoms with van der Waals surface area (Å²) in [5, 5.41) is 11.5. The number of aryl methyl sites for hydroxylation is 1. The fourth-order valence-electron chi connectivity index (χ4n) is 6.87. The van der Waals surface area contributed by atoms with Gasteiger partial charge in [-0.2, -0.15) is 0 Å². The van der Waals surface area contributed by atoms with E-state index in [1.807, 2.05) is 57.2 Å². The minimum Gasteiger partial charge on any atom is -0.489 e. The Labute approximate surface area is 238 Å². The summed E-state index contributed by atoms with van der Waals surface area (Å²) >= 11 is 0. The smallest absolute Gasteiger partial charge is 0.179 e. The molecule has 0 radical (unpaired) electrons. The molecule has 3 aromatic rings. The number of quaternary nitrogens is 1. The molecule has 4 aliphatic heterocycles. The molecule has 0 aliphatic carbocycles. The lowest BCUT2D eigenvalue weighted by Gasteiger charge is -2.50. The number of rotatable bonds is 6. The van der Waals surface area contributed by atoms with Gasteiger partial charge in [0, 0.05) is 36.5 Å². The Kier molecular flexibility index (Phi) is 7.06. The maximum atomic E-state index is 13.2. The van der Waals surface area contributed by atoms with Crippen molar-refractivity contribution in [2.24, 2.45) is 5.41 Å². The quantitative estimate of drug-likeness (QED) is 0.448. The van der Waals surface area contributed by atoms with Gasteiger partial charge in [0.1, 0.15) is 18.9 Å². The van der Waals surface area contributed by atoms with Crippen molar-refractivity contribution >= 4 is 9.84 Å². The van der Waals surface area contributed by atoms with Crippen LogP contribution in [0.15, 0.2) is 71.6 Å². The van der Waals surface area contributed by atoms with Gasteiger partial charge in [0.05, 0.1) is 36.4 Å². The predicted octanol–water partition coefficient (Wildman–Crippen LogP) is 4.53. The standard InChI is InChI=1S/C33H41N2O4S/c1-24-4-13-30-29(20-24)31(32(36)33(2,3)23-40(30,37)38)27-9-11-28(12-10-27)39-22-26-7-5-25(6-8-26)21-35-17-14-34(15-18-35)16-19-35/h4-13,20,31-32,36H,14-19,21-23H2,1-3H3/q+1/t31-,32-/m1/s1. The third kappa shape index (κ3) is 5.32. The van der Waals surface area contributed by atoms with Crippen LogP contribution in [0.4, 0.5) is 0 Å². The molecule has 0 unspecified atom stereocenters. The highest BCUT2D eigenvalue weighted by atomic mass is 32.2. The zero-order chi connectivity index (χ0) is 28.1. The number of hydrogen-bond donors (Lipinski definition) is 1. The third-order valence-corrected chi connectivity index (χ3v) is 11.5. The molecule has 1 N–H and O–H groups in total. The predicted molar refractivity (Wildman–Crippen MR) is 157 cm³/mol. The summed E-state index contributed by atoms with van der Waals surface area (Å²) in [6, 6.07) is 22.0. The summed E-state index contributed by atoms with van der Waals surface area (Å²) in [5.74, 6) is 0.210. The lowest BCUT2D eigenvalue weighted by molar-refractivity contribution is -0.953. The van der Waals surface area contributed by atoms with E-state index in [1.54, 1.807) is 6.07 Å². The van der Waals surface area contributed by atoms with E-state index in [9.17, 15) is 13.5 Å². The number of sulfone groups is 1. The Morgan fingerprint density at radius 3 is 2.20 bits per heavy atom. The first-order chi connectivity index (χ1) is 19.0. The van der Waals surface area contributed by atoms with E-state index in [0.29, 0.717) is 17.1 Å². The second-order valence-corrected chi connectivity index (χ2v) is 14.9. The second kappa shape index (κ2) is 10.3. The van der Waals surface area contributed by atoms with E-state index in [1.165, 1.54) is 49.3 Å². The highest BCUT2D eigenvalue weighted by Crippen LogP contribution is 2.45. The highest BCUT2D eigenvalue weighted by molar-refractivity contribution is 7.91. The van der Waals surface area contributed by atoms with Gasteiger partial charge in [0.25, 0.3) is 0 Å². The van der Waals surface area contributed by atoms with Crippen LogP contribution in [-0.4, -0.2) is 74.0 Å². The largest absolute Gasteiger partial charge is 0.489 e. The summed E-state index contributed by atoms with van der Waals surface area (Å²) in [6.07, 6.45) is -0.852. The fourth-order valence-corrected chi connectivity index (χ4v) is 8.99. The van der Waals surface area contributed by atoms with Crippen LogP contribution in [0, 0.1) is 12.3 Å². The normalized spacial score (nSPS) is 28.4. The number of ether oxygens (including phenoxy) is 1. The van der Waals surface area contributed by atoms with Crippen LogP contribution in [0.25, 0.3) is 0 Å². The molecule has 2 atom stereocenters. The van der Waals surface area contributed by atoms with Crippen LogP contribution < -0.4 is 4.74 Å². The Hall–Kier alpha value is -2.71. The topological polar surface area (TPSA) is 66.8 Å². The zero-order valence-corrected chi connectivity index (χ0v) is 24.7. The number of piperazine rings is 3. The summed E-state index contributed by atoms with van der Waals surface area (Å²) in [6.45, 7) is 14.7. The summed E-state index contributed by atoms with van der Waals surface area (Å²) in [5.41, 5.74) is 4.25. The molecule has 0 saturated carbocycles. The van der Waals surface area contributed by atoms with Gasteiger partial charge < -0.3 is 14.3 Å². The van der Waals surface area contributed by atoms with Gasteiger partial charge in [-0.3, -0.25) is 4.90 Å². The Morgan fingerprint density at radius 1 is 0.925 bits per heavy atom. The van der Waals surface area contributed by atoms with Crippen molar-refractivity contribution in [1.82, 2.24) is 4.90 Å². The summed E-state index contributed by atoms with van der Waals surface area (Å²) < 4.78 is 33.8. The number of fused-ring (bicyclic) bond motifs is 4. The number of hydrogen-bond acceptors (Lipinski definition) is 5. The molecular weight excluding hydrogens is 520 g/mol. The lowest BCUT2D eigenvalue weighted by Crippen LogP contribution is -2.66. The average Bonchev–Trinajstić information content (AvgIpc) is 2.99. The SMILES string of the molecule is Cc1ccc2c(c1)[C@@H](c1ccc(OCc3ccc(C[N+]45CCN(CC4)CC5)cc3)cc1)[C@@H](O)C(C)(C)CS2(=O)=O. The van der Waals surface area contributed by atoms with Gasteiger partial charge in [-0.25, -0.2) is 8.42 Å².